The number of hydrogen-bond donors (Lipinski definition) is 7. The number of guanidine groups is 1. The van der Waals surface area contributed by atoms with Crippen LogP contribution >= 0.6 is 0 Å². The molecule has 0 aromatic rings. The molecule has 3 amide bonds. The first-order chi connectivity index (χ1) is 14.5. The summed E-state index contributed by atoms with van der Waals surface area (Å²) in [5, 5.41) is 20.0. The average Bonchev–Trinajstić information content (AvgIpc) is 3.22. The van der Waals surface area contributed by atoms with E-state index >= 15 is 0 Å². The van der Waals surface area contributed by atoms with Crippen LogP contribution in [-0.2, 0) is 19.2 Å². The van der Waals surface area contributed by atoms with Crippen LogP contribution in [-0.4, -0.2) is 72.0 Å². The Morgan fingerprint density at radius 1 is 1.10 bits per heavy atom. The van der Waals surface area contributed by atoms with Crippen LogP contribution in [0.4, 0.5) is 0 Å². The van der Waals surface area contributed by atoms with Gasteiger partial charge in [-0.3, -0.25) is 19.4 Å². The molecule has 0 unspecified atom stereocenters. The van der Waals surface area contributed by atoms with Crippen molar-refractivity contribution in [3.8, 4) is 0 Å². The van der Waals surface area contributed by atoms with Gasteiger partial charge >= 0.3 is 5.97 Å². The number of aliphatic imine (C=N–C) groups is 1. The maximum Gasteiger partial charge on any atom is 0.326 e. The zero-order valence-corrected chi connectivity index (χ0v) is 18.3. The van der Waals surface area contributed by atoms with Crippen LogP contribution in [0, 0.1) is 5.92 Å². The van der Waals surface area contributed by atoms with Gasteiger partial charge in [-0.25, -0.2) is 4.79 Å². The van der Waals surface area contributed by atoms with Gasteiger partial charge in [-0.15, -0.1) is 0 Å². The summed E-state index contributed by atoms with van der Waals surface area (Å²) in [6.45, 7) is 5.80. The zero-order valence-electron chi connectivity index (χ0n) is 18.3. The third kappa shape index (κ3) is 9.20. The summed E-state index contributed by atoms with van der Waals surface area (Å²) >= 11 is 0. The molecule has 1 heterocycles. The lowest BCUT2D eigenvalue weighted by Crippen LogP contribution is -2.56. The number of carbonyl (C=O) groups excluding carboxylic acids is 3. The molecule has 31 heavy (non-hydrogen) atoms. The van der Waals surface area contributed by atoms with Crippen molar-refractivity contribution in [1.82, 2.24) is 21.3 Å². The van der Waals surface area contributed by atoms with Gasteiger partial charge in [-0.1, -0.05) is 13.8 Å². The highest BCUT2D eigenvalue weighted by molar-refractivity contribution is 5.94. The first-order valence-corrected chi connectivity index (χ1v) is 10.5. The van der Waals surface area contributed by atoms with E-state index in [9.17, 15) is 24.3 Å². The highest BCUT2D eigenvalue weighted by atomic mass is 16.4. The van der Waals surface area contributed by atoms with Crippen LogP contribution in [0.5, 0.6) is 0 Å². The van der Waals surface area contributed by atoms with Gasteiger partial charge in [-0.2, -0.15) is 0 Å². The van der Waals surface area contributed by atoms with E-state index < -0.39 is 35.9 Å². The molecule has 9 N–H and O–H groups in total. The van der Waals surface area contributed by atoms with Crippen molar-refractivity contribution in [2.45, 2.75) is 70.6 Å². The summed E-state index contributed by atoms with van der Waals surface area (Å²) in [5.41, 5.74) is 10.6. The monoisotopic (exact) mass is 441 g/mol. The molecule has 1 saturated heterocycles. The molecule has 0 radical (unpaired) electrons. The molecule has 0 aromatic carbocycles. The zero-order chi connectivity index (χ0) is 23.6. The molecule has 176 valence electrons. The van der Waals surface area contributed by atoms with Crippen molar-refractivity contribution >= 4 is 29.7 Å². The lowest BCUT2D eigenvalue weighted by Gasteiger charge is -2.24. The van der Waals surface area contributed by atoms with Crippen LogP contribution in [0.15, 0.2) is 4.99 Å². The summed E-state index contributed by atoms with van der Waals surface area (Å²) in [5.74, 6) is -3.01. The predicted octanol–water partition coefficient (Wildman–Crippen LogP) is -1.99. The second-order valence-corrected chi connectivity index (χ2v) is 7.96. The normalized spacial score (nSPS) is 18.5. The Bertz CT molecular complexity index is 673. The third-order valence-corrected chi connectivity index (χ3v) is 4.94. The smallest absolute Gasteiger partial charge is 0.326 e. The molecule has 1 aliphatic heterocycles. The van der Waals surface area contributed by atoms with Gasteiger partial charge in [0.1, 0.15) is 18.1 Å². The standard InChI is InChI=1S/C19H35N7O5/c1-10(2)14(18(30)31)26-15(27)11(3)24-17(29)13(7-5-9-23-19(20)21)25-16(28)12-6-4-8-22-12/h10-14,22H,4-9H2,1-3H3,(H,24,29)(H,25,28)(H,26,27)(H,30,31)(H4,20,21,23)/t11-,12-,13-,14-/m0/s1. The fourth-order valence-electron chi connectivity index (χ4n) is 3.12. The van der Waals surface area contributed by atoms with Gasteiger partial charge in [0.2, 0.25) is 17.7 Å². The Hall–Kier alpha value is -2.89. The van der Waals surface area contributed by atoms with E-state index in [1.807, 2.05) is 0 Å². The van der Waals surface area contributed by atoms with E-state index in [0.717, 1.165) is 13.0 Å². The van der Waals surface area contributed by atoms with E-state index in [4.69, 9.17) is 11.5 Å². The number of amides is 3. The van der Waals surface area contributed by atoms with Gasteiger partial charge < -0.3 is 37.8 Å². The van der Waals surface area contributed by atoms with E-state index in [1.165, 1.54) is 6.92 Å². The minimum absolute atomic E-state index is 0.0661. The van der Waals surface area contributed by atoms with Gasteiger partial charge in [0, 0.05) is 6.54 Å². The maximum atomic E-state index is 12.8. The van der Waals surface area contributed by atoms with Crippen molar-refractivity contribution in [1.29, 1.82) is 0 Å². The van der Waals surface area contributed by atoms with Gasteiger partial charge in [0.05, 0.1) is 6.04 Å². The predicted molar refractivity (Wildman–Crippen MR) is 115 cm³/mol. The summed E-state index contributed by atoms with van der Waals surface area (Å²) in [6.07, 6.45) is 2.25. The third-order valence-electron chi connectivity index (χ3n) is 4.94. The second-order valence-electron chi connectivity index (χ2n) is 7.96. The number of carboxylic acids is 1. The highest BCUT2D eigenvalue weighted by Crippen LogP contribution is 2.07. The van der Waals surface area contributed by atoms with E-state index in [1.54, 1.807) is 13.8 Å². The lowest BCUT2D eigenvalue weighted by atomic mass is 10.0. The van der Waals surface area contributed by atoms with Gasteiger partial charge in [-0.05, 0) is 45.1 Å². The number of carbonyl (C=O) groups is 4. The molecule has 1 rings (SSSR count). The fraction of sp³-hybridized carbons (Fsp3) is 0.737. The molecule has 0 spiro atoms. The SMILES string of the molecule is CC(C)[C@H](NC(=O)[C@H](C)NC(=O)[C@H](CCCN=C(N)N)NC(=O)[C@@H]1CCCN1)C(=O)O. The Labute approximate surface area is 182 Å². The largest absolute Gasteiger partial charge is 0.480 e. The van der Waals surface area contributed by atoms with Crippen LogP contribution in [0.1, 0.15) is 46.5 Å². The number of rotatable bonds is 12. The van der Waals surface area contributed by atoms with E-state index in [2.05, 4.69) is 26.3 Å². The summed E-state index contributed by atoms with van der Waals surface area (Å²) in [7, 11) is 0. The first kappa shape index (κ1) is 26.1. The van der Waals surface area contributed by atoms with Crippen LogP contribution in [0.2, 0.25) is 0 Å². The summed E-state index contributed by atoms with van der Waals surface area (Å²) in [4.78, 5) is 52.7. The Balaban J connectivity index is 2.74. The molecule has 1 aliphatic rings. The molecule has 1 fully saturated rings. The molecular weight excluding hydrogens is 406 g/mol. The molecule has 4 atom stereocenters. The Kier molecular flexibility index (Phi) is 10.7. The van der Waals surface area contributed by atoms with Crippen molar-refractivity contribution in [2.24, 2.45) is 22.4 Å². The topological polar surface area (TPSA) is 201 Å². The molecule has 12 heteroatoms. The number of nitrogens with two attached hydrogens (primary N) is 2. The number of aliphatic carboxylic acids is 1. The Morgan fingerprint density at radius 3 is 2.29 bits per heavy atom. The molecule has 12 nitrogen and oxygen atoms in total. The summed E-state index contributed by atoms with van der Waals surface area (Å²) in [6, 6.07) is -3.32. The minimum atomic E-state index is -1.16. The van der Waals surface area contributed by atoms with Crippen molar-refractivity contribution in [3.05, 3.63) is 0 Å². The van der Waals surface area contributed by atoms with Crippen molar-refractivity contribution < 1.29 is 24.3 Å². The fourth-order valence-corrected chi connectivity index (χ4v) is 3.12. The van der Waals surface area contributed by atoms with E-state index in [0.29, 0.717) is 12.8 Å². The molecule has 0 aromatic heterocycles. The van der Waals surface area contributed by atoms with Gasteiger partial charge in [0.25, 0.3) is 0 Å². The second kappa shape index (κ2) is 12.7. The molecular formula is C19H35N7O5. The van der Waals surface area contributed by atoms with Crippen LogP contribution in [0.25, 0.3) is 0 Å². The van der Waals surface area contributed by atoms with Crippen molar-refractivity contribution in [2.75, 3.05) is 13.1 Å². The van der Waals surface area contributed by atoms with Crippen LogP contribution < -0.4 is 32.7 Å². The Morgan fingerprint density at radius 2 is 1.77 bits per heavy atom. The van der Waals surface area contributed by atoms with Crippen molar-refractivity contribution in [3.63, 3.8) is 0 Å². The minimum Gasteiger partial charge on any atom is -0.480 e. The molecule has 0 aliphatic carbocycles. The highest BCUT2D eigenvalue weighted by Gasteiger charge is 2.30. The van der Waals surface area contributed by atoms with Crippen LogP contribution in [0.3, 0.4) is 0 Å². The summed E-state index contributed by atoms with van der Waals surface area (Å²) < 4.78 is 0. The quantitative estimate of drug-likeness (QED) is 0.102. The molecule has 0 bridgehead atoms. The van der Waals surface area contributed by atoms with Gasteiger partial charge in [0.15, 0.2) is 5.96 Å². The van der Waals surface area contributed by atoms with E-state index in [-0.39, 0.29) is 36.8 Å². The first-order valence-electron chi connectivity index (χ1n) is 10.5. The maximum absolute atomic E-state index is 12.8. The number of hydrogen-bond acceptors (Lipinski definition) is 6. The average molecular weight is 442 g/mol. The lowest BCUT2D eigenvalue weighted by molar-refractivity contribution is -0.143. The molecule has 0 saturated carbocycles. The number of carboxylic acid groups (broad SMARTS) is 1. The number of nitrogens with one attached hydrogen (secondary N) is 4. The number of nitrogens with zero attached hydrogens (tertiary/aromatic N) is 1.